The van der Waals surface area contributed by atoms with Gasteiger partial charge in [-0.3, -0.25) is 9.35 Å². The molecule has 0 N–H and O–H groups in total. The molecule has 0 unspecified atom stereocenters. The normalized spacial score (nSPS) is 10.8. The molecular formula is C26H23ClN2O4. The molecule has 0 saturated carbocycles. The molecule has 4 aromatic rings. The number of methoxy groups -OCH3 is 2. The number of hydrogen-bond donors (Lipinski definition) is 0. The highest BCUT2D eigenvalue weighted by Crippen LogP contribution is 2.33. The monoisotopic (exact) mass is 462 g/mol. The highest BCUT2D eigenvalue weighted by molar-refractivity contribution is 6.30. The summed E-state index contributed by atoms with van der Waals surface area (Å²) in [5.41, 5.74) is 5.38. The second-order valence-corrected chi connectivity index (χ2v) is 7.98. The molecule has 6 nitrogen and oxygen atoms in total. The second-order valence-electron chi connectivity index (χ2n) is 7.54. The zero-order chi connectivity index (χ0) is 23.7. The van der Waals surface area contributed by atoms with Crippen LogP contribution in [-0.4, -0.2) is 35.5 Å². The summed E-state index contributed by atoms with van der Waals surface area (Å²) in [4.78, 5) is 25.2. The maximum Gasteiger partial charge on any atom is 0.339 e. The van der Waals surface area contributed by atoms with Crippen LogP contribution in [0.1, 0.15) is 32.1 Å². The lowest BCUT2D eigenvalue weighted by atomic mass is 10.1. The van der Waals surface area contributed by atoms with E-state index in [1.807, 2.05) is 71.7 Å². The first kappa shape index (κ1) is 22.4. The molecule has 2 aromatic carbocycles. The fourth-order valence-electron chi connectivity index (χ4n) is 4.01. The number of nitrogens with zero attached hydrogens (tertiary/aromatic N) is 2. The van der Waals surface area contributed by atoms with Gasteiger partial charge in [-0.15, -0.1) is 0 Å². The topological polar surface area (TPSA) is 62.5 Å². The Morgan fingerprint density at radius 3 is 1.67 bits per heavy atom. The highest BCUT2D eigenvalue weighted by Gasteiger charge is 2.26. The van der Waals surface area contributed by atoms with Gasteiger partial charge in [-0.05, 0) is 38.1 Å². The Morgan fingerprint density at radius 2 is 1.18 bits per heavy atom. The molecule has 4 rings (SSSR count). The molecule has 0 aliphatic carbocycles. The minimum Gasteiger partial charge on any atom is -0.465 e. The number of rotatable bonds is 5. The molecule has 0 aliphatic rings. The van der Waals surface area contributed by atoms with Crippen LogP contribution in [0, 0.1) is 13.8 Å². The number of carbonyl (C=O) groups is 2. The summed E-state index contributed by atoms with van der Waals surface area (Å²) in [5.74, 6) is -0.889. The van der Waals surface area contributed by atoms with Gasteiger partial charge >= 0.3 is 11.9 Å². The van der Waals surface area contributed by atoms with E-state index in [9.17, 15) is 9.59 Å². The molecule has 0 radical (unpaired) electrons. The summed E-state index contributed by atoms with van der Waals surface area (Å²) in [6.07, 6.45) is 0. The van der Waals surface area contributed by atoms with Crippen molar-refractivity contribution in [3.63, 3.8) is 0 Å². The summed E-state index contributed by atoms with van der Waals surface area (Å²) >= 11 is 6.28. The highest BCUT2D eigenvalue weighted by atomic mass is 35.5. The van der Waals surface area contributed by atoms with Crippen molar-refractivity contribution in [3.8, 4) is 22.5 Å². The van der Waals surface area contributed by atoms with Crippen LogP contribution in [0.3, 0.4) is 0 Å². The van der Waals surface area contributed by atoms with Gasteiger partial charge in [-0.25, -0.2) is 9.59 Å². The molecule has 0 spiro atoms. The van der Waals surface area contributed by atoms with Crippen molar-refractivity contribution in [2.75, 3.05) is 14.2 Å². The minimum atomic E-state index is -0.450. The Hall–Kier alpha value is -3.77. The maximum absolute atomic E-state index is 12.6. The minimum absolute atomic E-state index is 0.416. The van der Waals surface area contributed by atoms with Gasteiger partial charge in [0.05, 0.1) is 48.1 Å². The van der Waals surface area contributed by atoms with Gasteiger partial charge in [0.1, 0.15) is 0 Å². The number of hydrogen-bond acceptors (Lipinski definition) is 4. The van der Waals surface area contributed by atoms with E-state index in [0.29, 0.717) is 27.5 Å². The average molecular weight is 463 g/mol. The predicted molar refractivity (Wildman–Crippen MR) is 128 cm³/mol. The van der Waals surface area contributed by atoms with Crippen LogP contribution in [0.15, 0.2) is 66.7 Å². The lowest BCUT2D eigenvalue weighted by molar-refractivity contribution is 0.0590. The van der Waals surface area contributed by atoms with E-state index >= 15 is 0 Å². The smallest absolute Gasteiger partial charge is 0.339 e. The molecule has 0 fully saturated rings. The fraction of sp³-hybridized carbons (Fsp3) is 0.154. The third-order valence-electron chi connectivity index (χ3n) is 5.63. The molecule has 7 heteroatoms. The molecule has 33 heavy (non-hydrogen) atoms. The number of esters is 2. The summed E-state index contributed by atoms with van der Waals surface area (Å²) in [6, 6.07) is 20.7. The van der Waals surface area contributed by atoms with Gasteiger partial charge in [0.25, 0.3) is 0 Å². The zero-order valence-electron chi connectivity index (χ0n) is 18.8. The largest absolute Gasteiger partial charge is 0.465 e. The molecular weight excluding hydrogens is 440 g/mol. The van der Waals surface area contributed by atoms with E-state index in [2.05, 4.69) is 0 Å². The number of benzene rings is 2. The first-order valence-electron chi connectivity index (χ1n) is 10.3. The Labute approximate surface area is 196 Å². The Bertz CT molecular complexity index is 1350. The van der Waals surface area contributed by atoms with Gasteiger partial charge in [0.2, 0.25) is 0 Å². The van der Waals surface area contributed by atoms with Crippen LogP contribution >= 0.6 is 11.6 Å². The second kappa shape index (κ2) is 9.00. The van der Waals surface area contributed by atoms with Crippen LogP contribution in [0.2, 0.25) is 5.02 Å². The van der Waals surface area contributed by atoms with Gasteiger partial charge < -0.3 is 9.47 Å². The van der Waals surface area contributed by atoms with Crippen molar-refractivity contribution in [1.82, 2.24) is 9.35 Å². The number of halogens is 1. The third kappa shape index (κ3) is 3.94. The quantitative estimate of drug-likeness (QED) is 0.353. The van der Waals surface area contributed by atoms with Crippen molar-refractivity contribution in [2.24, 2.45) is 0 Å². The Kier molecular flexibility index (Phi) is 6.11. The van der Waals surface area contributed by atoms with E-state index in [-0.39, 0.29) is 0 Å². The lowest BCUT2D eigenvalue weighted by Gasteiger charge is -2.19. The van der Waals surface area contributed by atoms with Crippen molar-refractivity contribution in [1.29, 1.82) is 0 Å². The predicted octanol–water partition coefficient (Wildman–Crippen LogP) is 5.78. The maximum atomic E-state index is 12.6. The van der Waals surface area contributed by atoms with E-state index < -0.39 is 11.9 Å². The summed E-state index contributed by atoms with van der Waals surface area (Å²) in [7, 11) is 2.71. The van der Waals surface area contributed by atoms with Crippen molar-refractivity contribution in [2.45, 2.75) is 13.8 Å². The number of aromatic nitrogens is 2. The van der Waals surface area contributed by atoms with Crippen LogP contribution in [0.25, 0.3) is 22.5 Å². The van der Waals surface area contributed by atoms with Gasteiger partial charge in [0.15, 0.2) is 0 Å². The van der Waals surface area contributed by atoms with Crippen LogP contribution in [0.4, 0.5) is 0 Å². The van der Waals surface area contributed by atoms with E-state index in [0.717, 1.165) is 22.5 Å². The average Bonchev–Trinajstić information content (AvgIpc) is 3.35. The van der Waals surface area contributed by atoms with Gasteiger partial charge in [-0.1, -0.05) is 54.1 Å². The lowest BCUT2D eigenvalue weighted by Crippen LogP contribution is -2.17. The summed E-state index contributed by atoms with van der Waals surface area (Å²) < 4.78 is 13.9. The fourth-order valence-corrected chi connectivity index (χ4v) is 4.20. The summed E-state index contributed by atoms with van der Waals surface area (Å²) in [5, 5.41) is 0.570. The van der Waals surface area contributed by atoms with Crippen molar-refractivity contribution >= 4 is 23.5 Å². The molecule has 168 valence electrons. The van der Waals surface area contributed by atoms with Crippen molar-refractivity contribution in [3.05, 3.63) is 94.3 Å². The SMILES string of the molecule is COC(=O)c1cc(-c2ccccc2)n(-n2c(-c3cccc(Cl)c3)cc(C(=O)OC)c2C)c1C. The molecule has 0 aliphatic heterocycles. The molecule has 0 amide bonds. The van der Waals surface area contributed by atoms with E-state index in [4.69, 9.17) is 21.1 Å². The number of carbonyl (C=O) groups excluding carboxylic acids is 2. The summed E-state index contributed by atoms with van der Waals surface area (Å²) in [6.45, 7) is 3.68. The van der Waals surface area contributed by atoms with Crippen LogP contribution in [0.5, 0.6) is 0 Å². The van der Waals surface area contributed by atoms with E-state index in [1.54, 1.807) is 18.2 Å². The van der Waals surface area contributed by atoms with E-state index in [1.165, 1.54) is 14.2 Å². The molecule has 0 atom stereocenters. The molecule has 0 bridgehead atoms. The van der Waals surface area contributed by atoms with Crippen LogP contribution < -0.4 is 0 Å². The van der Waals surface area contributed by atoms with Crippen molar-refractivity contribution < 1.29 is 19.1 Å². The number of ether oxygens (including phenoxy) is 2. The Morgan fingerprint density at radius 1 is 0.697 bits per heavy atom. The van der Waals surface area contributed by atoms with Crippen LogP contribution in [-0.2, 0) is 9.47 Å². The molecule has 2 heterocycles. The zero-order valence-corrected chi connectivity index (χ0v) is 19.5. The van der Waals surface area contributed by atoms with Gasteiger partial charge in [-0.2, -0.15) is 0 Å². The third-order valence-corrected chi connectivity index (χ3v) is 5.87. The Balaban J connectivity index is 2.10. The molecule has 0 saturated heterocycles. The first-order valence-corrected chi connectivity index (χ1v) is 10.7. The molecule has 2 aromatic heterocycles. The standard InChI is InChI=1S/C26H23ClN2O4/c1-16-21(25(30)32-3)14-23(18-9-6-5-7-10-18)28(16)29-17(2)22(26(31)33-4)15-24(29)19-11-8-12-20(27)13-19/h5-15H,1-4H3. The first-order chi connectivity index (χ1) is 15.9. The van der Waals surface area contributed by atoms with Gasteiger partial charge in [0, 0.05) is 16.1 Å².